The van der Waals surface area contributed by atoms with Crippen molar-refractivity contribution in [1.82, 2.24) is 5.32 Å². The fourth-order valence-electron chi connectivity index (χ4n) is 1.71. The molecule has 0 saturated carbocycles. The average molecular weight is 217 g/mol. The minimum atomic E-state index is 0.824. The molecule has 0 heterocycles. The predicted octanol–water partition coefficient (Wildman–Crippen LogP) is 3.73. The molecule has 1 rings (SSSR count). The molecule has 0 aliphatic heterocycles. The van der Waals surface area contributed by atoms with Crippen LogP contribution in [-0.4, -0.2) is 13.1 Å². The lowest BCUT2D eigenvalue weighted by atomic mass is 10.0. The standard InChI is InChI=1S/C15H23N/c1-3-14(4-2)13-16-12-8-11-15-9-6-5-7-10-15/h5-11,14,16H,3-4,12-13H2,1-2H3/b11-8+. The van der Waals surface area contributed by atoms with Crippen molar-refractivity contribution in [3.8, 4) is 0 Å². The maximum Gasteiger partial charge on any atom is 0.0138 e. The Morgan fingerprint density at radius 3 is 2.44 bits per heavy atom. The summed E-state index contributed by atoms with van der Waals surface area (Å²) in [5.74, 6) is 0.824. The van der Waals surface area contributed by atoms with Crippen LogP contribution in [0.5, 0.6) is 0 Å². The fourth-order valence-corrected chi connectivity index (χ4v) is 1.71. The van der Waals surface area contributed by atoms with Crippen molar-refractivity contribution in [1.29, 1.82) is 0 Å². The molecule has 0 atom stereocenters. The van der Waals surface area contributed by atoms with Crippen molar-refractivity contribution < 1.29 is 0 Å². The Morgan fingerprint density at radius 2 is 1.81 bits per heavy atom. The fraction of sp³-hybridized carbons (Fsp3) is 0.467. The third-order valence-electron chi connectivity index (χ3n) is 2.96. The lowest BCUT2D eigenvalue weighted by molar-refractivity contribution is 0.461. The van der Waals surface area contributed by atoms with Crippen molar-refractivity contribution in [3.05, 3.63) is 42.0 Å². The molecule has 0 aliphatic rings. The second-order valence-electron chi connectivity index (χ2n) is 4.15. The molecule has 0 amide bonds. The van der Waals surface area contributed by atoms with Gasteiger partial charge >= 0.3 is 0 Å². The van der Waals surface area contributed by atoms with Crippen LogP contribution in [-0.2, 0) is 0 Å². The van der Waals surface area contributed by atoms with Gasteiger partial charge in [0.1, 0.15) is 0 Å². The zero-order valence-electron chi connectivity index (χ0n) is 10.4. The van der Waals surface area contributed by atoms with Gasteiger partial charge in [0, 0.05) is 6.54 Å². The van der Waals surface area contributed by atoms with Gasteiger partial charge in [-0.3, -0.25) is 0 Å². The first-order valence-corrected chi connectivity index (χ1v) is 6.29. The molecule has 0 unspecified atom stereocenters. The van der Waals surface area contributed by atoms with Crippen LogP contribution in [0.3, 0.4) is 0 Å². The molecule has 0 bridgehead atoms. The first-order valence-electron chi connectivity index (χ1n) is 6.29. The van der Waals surface area contributed by atoms with Crippen molar-refractivity contribution in [2.24, 2.45) is 5.92 Å². The van der Waals surface area contributed by atoms with Gasteiger partial charge in [-0.1, -0.05) is 69.2 Å². The van der Waals surface area contributed by atoms with Gasteiger partial charge in [0.2, 0.25) is 0 Å². The quantitative estimate of drug-likeness (QED) is 0.686. The molecular formula is C15H23N. The molecule has 1 aromatic carbocycles. The van der Waals surface area contributed by atoms with E-state index in [0.717, 1.165) is 19.0 Å². The van der Waals surface area contributed by atoms with Gasteiger partial charge < -0.3 is 5.32 Å². The second-order valence-corrected chi connectivity index (χ2v) is 4.15. The summed E-state index contributed by atoms with van der Waals surface area (Å²) >= 11 is 0. The smallest absolute Gasteiger partial charge is 0.0138 e. The molecule has 16 heavy (non-hydrogen) atoms. The van der Waals surface area contributed by atoms with Gasteiger partial charge in [-0.25, -0.2) is 0 Å². The molecule has 1 N–H and O–H groups in total. The van der Waals surface area contributed by atoms with Gasteiger partial charge in [-0.15, -0.1) is 0 Å². The second kappa shape index (κ2) is 8.12. The van der Waals surface area contributed by atoms with Crippen LogP contribution in [0.1, 0.15) is 32.3 Å². The SMILES string of the molecule is CCC(CC)CNC/C=C/c1ccccc1. The summed E-state index contributed by atoms with van der Waals surface area (Å²) in [6.45, 7) is 6.61. The number of rotatable bonds is 7. The molecule has 0 saturated heterocycles. The van der Waals surface area contributed by atoms with Crippen LogP contribution in [0.15, 0.2) is 36.4 Å². The largest absolute Gasteiger partial charge is 0.313 e. The molecule has 0 spiro atoms. The summed E-state index contributed by atoms with van der Waals surface area (Å²) in [5, 5.41) is 3.47. The van der Waals surface area contributed by atoms with Crippen LogP contribution >= 0.6 is 0 Å². The lowest BCUT2D eigenvalue weighted by Gasteiger charge is -2.11. The number of benzene rings is 1. The molecular weight excluding hydrogens is 194 g/mol. The Hall–Kier alpha value is -1.08. The Bertz CT molecular complexity index is 286. The van der Waals surface area contributed by atoms with E-state index in [1.165, 1.54) is 18.4 Å². The number of hydrogen-bond acceptors (Lipinski definition) is 1. The maximum absolute atomic E-state index is 3.47. The van der Waals surface area contributed by atoms with Crippen LogP contribution in [0, 0.1) is 5.92 Å². The van der Waals surface area contributed by atoms with Gasteiger partial charge in [-0.05, 0) is 18.0 Å². The Morgan fingerprint density at radius 1 is 1.12 bits per heavy atom. The summed E-state index contributed by atoms with van der Waals surface area (Å²) in [7, 11) is 0. The zero-order chi connectivity index (χ0) is 11.6. The predicted molar refractivity (Wildman–Crippen MR) is 72.4 cm³/mol. The van der Waals surface area contributed by atoms with Crippen LogP contribution < -0.4 is 5.32 Å². The normalized spacial score (nSPS) is 11.4. The first kappa shape index (κ1) is 13.0. The monoisotopic (exact) mass is 217 g/mol. The van der Waals surface area contributed by atoms with E-state index < -0.39 is 0 Å². The summed E-state index contributed by atoms with van der Waals surface area (Å²) in [5.41, 5.74) is 1.27. The van der Waals surface area contributed by atoms with E-state index in [4.69, 9.17) is 0 Å². The average Bonchev–Trinajstić information content (AvgIpc) is 2.35. The Kier molecular flexibility index (Phi) is 6.59. The maximum atomic E-state index is 3.47. The molecule has 1 heteroatoms. The van der Waals surface area contributed by atoms with Crippen LogP contribution in [0.25, 0.3) is 6.08 Å². The van der Waals surface area contributed by atoms with E-state index in [2.05, 4.69) is 55.6 Å². The van der Waals surface area contributed by atoms with Gasteiger partial charge in [-0.2, -0.15) is 0 Å². The minimum Gasteiger partial charge on any atom is -0.313 e. The highest BCUT2D eigenvalue weighted by Gasteiger charge is 2.00. The van der Waals surface area contributed by atoms with E-state index in [9.17, 15) is 0 Å². The van der Waals surface area contributed by atoms with Gasteiger partial charge in [0.25, 0.3) is 0 Å². The molecule has 1 aromatic rings. The molecule has 0 fully saturated rings. The Labute approximate surface area is 99.6 Å². The molecule has 0 aromatic heterocycles. The highest BCUT2D eigenvalue weighted by molar-refractivity contribution is 5.48. The highest BCUT2D eigenvalue weighted by Crippen LogP contribution is 2.05. The van der Waals surface area contributed by atoms with Gasteiger partial charge in [0.15, 0.2) is 0 Å². The zero-order valence-corrected chi connectivity index (χ0v) is 10.4. The summed E-state index contributed by atoms with van der Waals surface area (Å²) < 4.78 is 0. The first-order chi connectivity index (χ1) is 7.86. The van der Waals surface area contributed by atoms with Crippen LogP contribution in [0.2, 0.25) is 0 Å². The van der Waals surface area contributed by atoms with Gasteiger partial charge in [0.05, 0.1) is 0 Å². The lowest BCUT2D eigenvalue weighted by Crippen LogP contribution is -2.22. The topological polar surface area (TPSA) is 12.0 Å². The minimum absolute atomic E-state index is 0.824. The summed E-state index contributed by atoms with van der Waals surface area (Å²) in [6, 6.07) is 10.4. The van der Waals surface area contributed by atoms with Crippen molar-refractivity contribution in [3.63, 3.8) is 0 Å². The number of hydrogen-bond donors (Lipinski definition) is 1. The molecule has 88 valence electrons. The Balaban J connectivity index is 2.18. The third-order valence-corrected chi connectivity index (χ3v) is 2.96. The van der Waals surface area contributed by atoms with E-state index in [-0.39, 0.29) is 0 Å². The van der Waals surface area contributed by atoms with E-state index in [0.29, 0.717) is 0 Å². The van der Waals surface area contributed by atoms with Crippen molar-refractivity contribution >= 4 is 6.08 Å². The molecule has 1 nitrogen and oxygen atoms in total. The third kappa shape index (κ3) is 5.13. The van der Waals surface area contributed by atoms with Crippen molar-refractivity contribution in [2.75, 3.05) is 13.1 Å². The molecule has 0 aliphatic carbocycles. The summed E-state index contributed by atoms with van der Waals surface area (Å²) in [4.78, 5) is 0. The highest BCUT2D eigenvalue weighted by atomic mass is 14.8. The summed E-state index contributed by atoms with van der Waals surface area (Å²) in [6.07, 6.45) is 6.90. The van der Waals surface area contributed by atoms with E-state index in [1.807, 2.05) is 6.07 Å². The van der Waals surface area contributed by atoms with E-state index >= 15 is 0 Å². The van der Waals surface area contributed by atoms with E-state index in [1.54, 1.807) is 0 Å². The van der Waals surface area contributed by atoms with Crippen LogP contribution in [0.4, 0.5) is 0 Å². The molecule has 0 radical (unpaired) electrons. The van der Waals surface area contributed by atoms with Crippen molar-refractivity contribution in [2.45, 2.75) is 26.7 Å². The number of nitrogens with one attached hydrogen (secondary N) is 1.